The van der Waals surface area contributed by atoms with Crippen molar-refractivity contribution in [1.29, 1.82) is 0 Å². The maximum atomic E-state index is 5.58. The van der Waals surface area contributed by atoms with E-state index < -0.39 is 0 Å². The van der Waals surface area contributed by atoms with Gasteiger partial charge in [-0.2, -0.15) is 0 Å². The van der Waals surface area contributed by atoms with E-state index in [0.717, 1.165) is 6.54 Å². The normalized spacial score (nSPS) is 20.8. The van der Waals surface area contributed by atoms with Gasteiger partial charge in [-0.05, 0) is 17.5 Å². The third kappa shape index (κ3) is 2.16. The van der Waals surface area contributed by atoms with E-state index in [1.54, 1.807) is 0 Å². The number of nitrogens with zero attached hydrogens (tertiary/aromatic N) is 1. The molecule has 14 heavy (non-hydrogen) atoms. The van der Waals surface area contributed by atoms with Gasteiger partial charge in [0.25, 0.3) is 0 Å². The standard InChI is InChI=1S/C11H18N2S/c1-11(2)7-13(8-11)6-10-4-3-9(5-12)14-10/h3-4H,5-8,12H2,1-2H3. The molecule has 0 aromatic carbocycles. The average Bonchev–Trinajstić information content (AvgIpc) is 2.49. The summed E-state index contributed by atoms with van der Waals surface area (Å²) in [5.41, 5.74) is 6.12. The van der Waals surface area contributed by atoms with E-state index in [2.05, 4.69) is 30.9 Å². The van der Waals surface area contributed by atoms with Gasteiger partial charge in [0.2, 0.25) is 0 Å². The predicted molar refractivity (Wildman–Crippen MR) is 61.3 cm³/mol. The van der Waals surface area contributed by atoms with Crippen LogP contribution in [0, 0.1) is 5.41 Å². The van der Waals surface area contributed by atoms with Crippen molar-refractivity contribution in [2.45, 2.75) is 26.9 Å². The number of thiophene rings is 1. The first-order valence-electron chi connectivity index (χ1n) is 5.09. The van der Waals surface area contributed by atoms with Crippen molar-refractivity contribution < 1.29 is 0 Å². The van der Waals surface area contributed by atoms with Crippen LogP contribution in [0.5, 0.6) is 0 Å². The monoisotopic (exact) mass is 210 g/mol. The molecular weight excluding hydrogens is 192 g/mol. The summed E-state index contributed by atoms with van der Waals surface area (Å²) in [6.07, 6.45) is 0. The average molecular weight is 210 g/mol. The minimum absolute atomic E-state index is 0.536. The minimum Gasteiger partial charge on any atom is -0.326 e. The van der Waals surface area contributed by atoms with Gasteiger partial charge in [0.05, 0.1) is 0 Å². The molecule has 1 aliphatic heterocycles. The second kappa shape index (κ2) is 3.65. The van der Waals surface area contributed by atoms with Crippen LogP contribution in [-0.2, 0) is 13.1 Å². The molecule has 0 aliphatic carbocycles. The minimum atomic E-state index is 0.536. The molecule has 3 heteroatoms. The number of rotatable bonds is 3. The summed E-state index contributed by atoms with van der Waals surface area (Å²) >= 11 is 1.84. The van der Waals surface area contributed by atoms with Crippen LogP contribution in [0.2, 0.25) is 0 Å². The summed E-state index contributed by atoms with van der Waals surface area (Å²) in [6.45, 7) is 8.88. The predicted octanol–water partition coefficient (Wildman–Crippen LogP) is 2.05. The van der Waals surface area contributed by atoms with Gasteiger partial charge in [-0.15, -0.1) is 11.3 Å². The Hall–Kier alpha value is -0.380. The Morgan fingerprint density at radius 3 is 2.50 bits per heavy atom. The SMILES string of the molecule is CC1(C)CN(Cc2ccc(CN)s2)C1. The molecule has 1 aromatic heterocycles. The second-order valence-corrected chi connectivity index (χ2v) is 6.13. The summed E-state index contributed by atoms with van der Waals surface area (Å²) in [7, 11) is 0. The lowest BCUT2D eigenvalue weighted by Crippen LogP contribution is -2.51. The summed E-state index contributed by atoms with van der Waals surface area (Å²) in [5.74, 6) is 0. The highest BCUT2D eigenvalue weighted by molar-refractivity contribution is 7.11. The molecule has 0 bridgehead atoms. The zero-order valence-electron chi connectivity index (χ0n) is 8.92. The lowest BCUT2D eigenvalue weighted by molar-refractivity contribution is 0.0251. The first-order valence-corrected chi connectivity index (χ1v) is 5.91. The topological polar surface area (TPSA) is 29.3 Å². The van der Waals surface area contributed by atoms with Gasteiger partial charge in [0, 0.05) is 35.9 Å². The molecule has 2 rings (SSSR count). The number of hydrogen-bond donors (Lipinski definition) is 1. The number of hydrogen-bond acceptors (Lipinski definition) is 3. The summed E-state index contributed by atoms with van der Waals surface area (Å²) in [4.78, 5) is 5.23. The highest BCUT2D eigenvalue weighted by atomic mass is 32.1. The highest BCUT2D eigenvalue weighted by Crippen LogP contribution is 2.31. The number of nitrogens with two attached hydrogens (primary N) is 1. The molecule has 2 N–H and O–H groups in total. The van der Waals surface area contributed by atoms with Gasteiger partial charge in [0.15, 0.2) is 0 Å². The highest BCUT2D eigenvalue weighted by Gasteiger charge is 2.33. The van der Waals surface area contributed by atoms with Crippen LogP contribution >= 0.6 is 11.3 Å². The van der Waals surface area contributed by atoms with Crippen LogP contribution in [0.25, 0.3) is 0 Å². The lowest BCUT2D eigenvalue weighted by Gasteiger charge is -2.45. The smallest absolute Gasteiger partial charge is 0.0328 e. The van der Waals surface area contributed by atoms with Crippen LogP contribution in [0.4, 0.5) is 0 Å². The molecule has 0 radical (unpaired) electrons. The first-order chi connectivity index (χ1) is 6.59. The largest absolute Gasteiger partial charge is 0.326 e. The van der Waals surface area contributed by atoms with Crippen LogP contribution in [-0.4, -0.2) is 18.0 Å². The quantitative estimate of drug-likeness (QED) is 0.827. The van der Waals surface area contributed by atoms with Crippen LogP contribution < -0.4 is 5.73 Å². The van der Waals surface area contributed by atoms with E-state index in [0.29, 0.717) is 12.0 Å². The van der Waals surface area contributed by atoms with Crippen molar-refractivity contribution in [3.63, 3.8) is 0 Å². The molecule has 0 amide bonds. The molecule has 0 unspecified atom stereocenters. The van der Waals surface area contributed by atoms with Gasteiger partial charge in [0.1, 0.15) is 0 Å². The molecular formula is C11H18N2S. The van der Waals surface area contributed by atoms with Crippen LogP contribution in [0.15, 0.2) is 12.1 Å². The Labute approximate surface area is 89.7 Å². The summed E-state index contributed by atoms with van der Waals surface area (Å²) in [6, 6.07) is 4.35. The maximum absolute atomic E-state index is 5.58. The van der Waals surface area contributed by atoms with Crippen LogP contribution in [0.1, 0.15) is 23.6 Å². The van der Waals surface area contributed by atoms with Gasteiger partial charge >= 0.3 is 0 Å². The Kier molecular flexibility index (Phi) is 2.64. The van der Waals surface area contributed by atoms with Crippen molar-refractivity contribution in [1.82, 2.24) is 4.90 Å². The lowest BCUT2D eigenvalue weighted by atomic mass is 9.84. The Bertz CT molecular complexity index is 309. The van der Waals surface area contributed by atoms with Crippen molar-refractivity contribution in [2.24, 2.45) is 11.1 Å². The molecule has 1 aliphatic rings. The van der Waals surface area contributed by atoms with Gasteiger partial charge in [-0.1, -0.05) is 13.8 Å². The van der Waals surface area contributed by atoms with Gasteiger partial charge in [-0.25, -0.2) is 0 Å². The van der Waals surface area contributed by atoms with Crippen LogP contribution in [0.3, 0.4) is 0 Å². The van der Waals surface area contributed by atoms with Crippen molar-refractivity contribution >= 4 is 11.3 Å². The zero-order chi connectivity index (χ0) is 10.2. The molecule has 1 aromatic rings. The molecule has 0 saturated carbocycles. The van der Waals surface area contributed by atoms with Crippen molar-refractivity contribution in [3.8, 4) is 0 Å². The van der Waals surface area contributed by atoms with E-state index in [-0.39, 0.29) is 0 Å². The molecule has 0 spiro atoms. The summed E-state index contributed by atoms with van der Waals surface area (Å²) in [5, 5.41) is 0. The third-order valence-corrected chi connectivity index (χ3v) is 3.69. The molecule has 2 heterocycles. The third-order valence-electron chi connectivity index (χ3n) is 2.60. The molecule has 78 valence electrons. The fourth-order valence-electron chi connectivity index (χ4n) is 2.11. The maximum Gasteiger partial charge on any atom is 0.0328 e. The number of likely N-dealkylation sites (tertiary alicyclic amines) is 1. The van der Waals surface area contributed by atoms with E-state index in [1.165, 1.54) is 22.8 Å². The fraction of sp³-hybridized carbons (Fsp3) is 0.636. The van der Waals surface area contributed by atoms with E-state index in [9.17, 15) is 0 Å². The molecule has 1 fully saturated rings. The van der Waals surface area contributed by atoms with E-state index in [1.807, 2.05) is 11.3 Å². The Morgan fingerprint density at radius 1 is 1.36 bits per heavy atom. The fourth-order valence-corrected chi connectivity index (χ4v) is 3.05. The van der Waals surface area contributed by atoms with E-state index in [4.69, 9.17) is 5.73 Å². The molecule has 2 nitrogen and oxygen atoms in total. The van der Waals surface area contributed by atoms with Crippen molar-refractivity contribution in [3.05, 3.63) is 21.9 Å². The second-order valence-electron chi connectivity index (χ2n) is 4.88. The Balaban J connectivity index is 1.87. The Morgan fingerprint density at radius 2 is 2.00 bits per heavy atom. The first kappa shape index (κ1) is 10.1. The van der Waals surface area contributed by atoms with Gasteiger partial charge in [-0.3, -0.25) is 4.90 Å². The van der Waals surface area contributed by atoms with Crippen molar-refractivity contribution in [2.75, 3.05) is 13.1 Å². The summed E-state index contributed by atoms with van der Waals surface area (Å²) < 4.78 is 0. The van der Waals surface area contributed by atoms with Gasteiger partial charge < -0.3 is 5.73 Å². The molecule has 0 atom stereocenters. The molecule has 1 saturated heterocycles. The zero-order valence-corrected chi connectivity index (χ0v) is 9.73. The van der Waals surface area contributed by atoms with E-state index >= 15 is 0 Å².